The minimum Gasteiger partial charge on any atom is -0.497 e. The summed E-state index contributed by atoms with van der Waals surface area (Å²) in [6.07, 6.45) is 1.34. The topological polar surface area (TPSA) is 105 Å². The molecule has 0 saturated carbocycles. The largest absolute Gasteiger partial charge is 0.497 e. The van der Waals surface area contributed by atoms with E-state index in [1.54, 1.807) is 60.7 Å². The van der Waals surface area contributed by atoms with Gasteiger partial charge in [-0.1, -0.05) is 54.1 Å². The van der Waals surface area contributed by atoms with Crippen molar-refractivity contribution >= 4 is 41.0 Å². The average Bonchev–Trinajstić information content (AvgIpc) is 2.87. The summed E-state index contributed by atoms with van der Waals surface area (Å²) in [6, 6.07) is 21.5. The molecule has 0 radical (unpaired) electrons. The lowest BCUT2D eigenvalue weighted by Crippen LogP contribution is -2.22. The van der Waals surface area contributed by atoms with Crippen LogP contribution in [0, 0.1) is 11.3 Å². The number of methoxy groups -OCH3 is 1. The van der Waals surface area contributed by atoms with Gasteiger partial charge in [0.05, 0.1) is 12.8 Å². The number of anilines is 1. The smallest absolute Gasteiger partial charge is 0.349 e. The maximum absolute atomic E-state index is 12.9. The molecule has 1 N–H and O–H groups in total. The Bertz CT molecular complexity index is 1280. The number of nitriles is 1. The lowest BCUT2D eigenvalue weighted by Gasteiger charge is -2.11. The summed E-state index contributed by atoms with van der Waals surface area (Å²) in [5.74, 6) is -1.34. The van der Waals surface area contributed by atoms with Crippen LogP contribution in [0.5, 0.6) is 5.75 Å². The molecule has 7 nitrogen and oxygen atoms in total. The molecule has 0 aromatic heterocycles. The first-order chi connectivity index (χ1) is 16.4. The van der Waals surface area contributed by atoms with E-state index in [0.29, 0.717) is 21.9 Å². The first-order valence-electron chi connectivity index (χ1n) is 10.0. The fourth-order valence-corrected chi connectivity index (χ4v) is 3.13. The molecule has 3 aromatic rings. The van der Waals surface area contributed by atoms with Crippen LogP contribution in [0.3, 0.4) is 0 Å². The maximum atomic E-state index is 12.9. The van der Waals surface area contributed by atoms with Crippen LogP contribution < -0.4 is 10.1 Å². The van der Waals surface area contributed by atoms with Crippen molar-refractivity contribution < 1.29 is 23.9 Å². The lowest BCUT2D eigenvalue weighted by molar-refractivity contribution is -0.142. The minimum atomic E-state index is -0.954. The number of carbonyl (C=O) groups excluding carboxylic acids is 3. The Labute approximate surface area is 201 Å². The lowest BCUT2D eigenvalue weighted by atomic mass is 10.0. The maximum Gasteiger partial charge on any atom is 0.349 e. The van der Waals surface area contributed by atoms with Crippen molar-refractivity contribution in [3.05, 3.63) is 100 Å². The number of ketones is 1. The molecule has 34 heavy (non-hydrogen) atoms. The van der Waals surface area contributed by atoms with Crippen molar-refractivity contribution in [1.29, 1.82) is 5.26 Å². The summed E-state index contributed by atoms with van der Waals surface area (Å²) in [6.45, 7) is -0.651. The van der Waals surface area contributed by atoms with Gasteiger partial charge in [-0.15, -0.1) is 0 Å². The van der Waals surface area contributed by atoms with E-state index in [4.69, 9.17) is 21.1 Å². The number of benzene rings is 3. The zero-order chi connectivity index (χ0) is 24.5. The van der Waals surface area contributed by atoms with E-state index in [9.17, 15) is 19.6 Å². The first-order valence-corrected chi connectivity index (χ1v) is 10.4. The Morgan fingerprint density at radius 1 is 1.03 bits per heavy atom. The highest BCUT2D eigenvalue weighted by Gasteiger charge is 2.18. The Morgan fingerprint density at radius 3 is 2.38 bits per heavy atom. The number of carbonyl (C=O) groups is 3. The van der Waals surface area contributed by atoms with Crippen LogP contribution >= 0.6 is 11.6 Å². The second-order valence-electron chi connectivity index (χ2n) is 6.95. The summed E-state index contributed by atoms with van der Waals surface area (Å²) in [5.41, 5.74) is 1.14. The molecule has 3 rings (SSSR count). The molecular weight excluding hydrogens is 456 g/mol. The molecule has 0 heterocycles. The standard InChI is InChI=1S/C26H19ClN2O5/c1-33-21-10-7-17(8-11-21)13-19(15-28)26(32)34-16-24(30)29-23-12-9-20(27)14-22(23)25(31)18-5-3-2-4-6-18/h2-14H,16H2,1H3,(H,29,30). The number of hydrogen-bond acceptors (Lipinski definition) is 6. The third-order valence-electron chi connectivity index (χ3n) is 4.64. The molecule has 0 unspecified atom stereocenters. The molecular formula is C26H19ClN2O5. The van der Waals surface area contributed by atoms with Crippen LogP contribution in [0.15, 0.2) is 78.4 Å². The molecule has 0 fully saturated rings. The molecule has 3 aromatic carbocycles. The second kappa shape index (κ2) is 11.5. The Balaban J connectivity index is 1.67. The molecule has 1 amide bonds. The zero-order valence-corrected chi connectivity index (χ0v) is 18.8. The van der Waals surface area contributed by atoms with E-state index in [2.05, 4.69) is 5.32 Å². The number of ether oxygens (including phenoxy) is 2. The van der Waals surface area contributed by atoms with Crippen LogP contribution in [0.2, 0.25) is 5.02 Å². The molecule has 0 aliphatic rings. The summed E-state index contributed by atoms with van der Waals surface area (Å²) in [5, 5.41) is 12.2. The fourth-order valence-electron chi connectivity index (χ4n) is 2.96. The van der Waals surface area contributed by atoms with Crippen LogP contribution in [0.25, 0.3) is 6.08 Å². The fraction of sp³-hybridized carbons (Fsp3) is 0.0769. The third-order valence-corrected chi connectivity index (χ3v) is 4.87. The van der Waals surface area contributed by atoms with Gasteiger partial charge in [-0.2, -0.15) is 5.26 Å². The Hall–Kier alpha value is -4.41. The Kier molecular flexibility index (Phi) is 8.16. The summed E-state index contributed by atoms with van der Waals surface area (Å²) >= 11 is 6.04. The number of esters is 1. The SMILES string of the molecule is COc1ccc(C=C(C#N)C(=O)OCC(=O)Nc2ccc(Cl)cc2C(=O)c2ccccc2)cc1. The van der Waals surface area contributed by atoms with Crippen molar-refractivity contribution in [3.63, 3.8) is 0 Å². The van der Waals surface area contributed by atoms with Crippen molar-refractivity contribution in [2.24, 2.45) is 0 Å². The Morgan fingerprint density at radius 2 is 1.74 bits per heavy atom. The zero-order valence-electron chi connectivity index (χ0n) is 18.1. The predicted octanol–water partition coefficient (Wildman–Crippen LogP) is 4.67. The van der Waals surface area contributed by atoms with Gasteiger partial charge in [0.1, 0.15) is 17.4 Å². The third kappa shape index (κ3) is 6.31. The predicted molar refractivity (Wildman–Crippen MR) is 127 cm³/mol. The average molecular weight is 475 g/mol. The molecule has 0 spiro atoms. The normalized spacial score (nSPS) is 10.7. The highest BCUT2D eigenvalue weighted by atomic mass is 35.5. The van der Waals surface area contributed by atoms with Gasteiger partial charge in [-0.25, -0.2) is 4.79 Å². The number of amides is 1. The first kappa shape index (κ1) is 24.2. The number of nitrogens with one attached hydrogen (secondary N) is 1. The van der Waals surface area contributed by atoms with Gasteiger partial charge in [0.15, 0.2) is 12.4 Å². The van der Waals surface area contributed by atoms with E-state index in [1.165, 1.54) is 31.4 Å². The van der Waals surface area contributed by atoms with Crippen LogP contribution in [0.4, 0.5) is 5.69 Å². The molecule has 8 heteroatoms. The van der Waals surface area contributed by atoms with Crippen molar-refractivity contribution in [1.82, 2.24) is 0 Å². The van der Waals surface area contributed by atoms with E-state index in [1.807, 2.05) is 0 Å². The van der Waals surface area contributed by atoms with Gasteiger partial charge in [-0.3, -0.25) is 9.59 Å². The molecule has 0 saturated heterocycles. The summed E-state index contributed by atoms with van der Waals surface area (Å²) < 4.78 is 10.0. The van der Waals surface area contributed by atoms with Crippen molar-refractivity contribution in [2.75, 3.05) is 19.0 Å². The molecule has 0 bridgehead atoms. The molecule has 0 aliphatic heterocycles. The van der Waals surface area contributed by atoms with Gasteiger partial charge in [0.2, 0.25) is 0 Å². The minimum absolute atomic E-state index is 0.190. The van der Waals surface area contributed by atoms with Gasteiger partial charge < -0.3 is 14.8 Å². The highest BCUT2D eigenvalue weighted by molar-refractivity contribution is 6.31. The van der Waals surface area contributed by atoms with Gasteiger partial charge in [0.25, 0.3) is 5.91 Å². The summed E-state index contributed by atoms with van der Waals surface area (Å²) in [7, 11) is 1.53. The van der Waals surface area contributed by atoms with Crippen molar-refractivity contribution in [2.45, 2.75) is 0 Å². The summed E-state index contributed by atoms with van der Waals surface area (Å²) in [4.78, 5) is 37.5. The van der Waals surface area contributed by atoms with E-state index < -0.39 is 18.5 Å². The molecule has 0 aliphatic carbocycles. The van der Waals surface area contributed by atoms with Crippen molar-refractivity contribution in [3.8, 4) is 11.8 Å². The number of nitrogens with zero attached hydrogens (tertiary/aromatic N) is 1. The van der Waals surface area contributed by atoms with E-state index in [0.717, 1.165) is 0 Å². The number of halogens is 1. The van der Waals surface area contributed by atoms with Gasteiger partial charge in [-0.05, 0) is 42.0 Å². The van der Waals surface area contributed by atoms with Crippen LogP contribution in [0.1, 0.15) is 21.5 Å². The van der Waals surface area contributed by atoms with Gasteiger partial charge >= 0.3 is 5.97 Å². The monoisotopic (exact) mass is 474 g/mol. The molecule has 170 valence electrons. The van der Waals surface area contributed by atoms with Gasteiger partial charge in [0, 0.05) is 16.1 Å². The van der Waals surface area contributed by atoms with Crippen LogP contribution in [-0.2, 0) is 14.3 Å². The van der Waals surface area contributed by atoms with Crippen LogP contribution in [-0.4, -0.2) is 31.4 Å². The quantitative estimate of drug-likeness (QED) is 0.220. The number of hydrogen-bond donors (Lipinski definition) is 1. The second-order valence-corrected chi connectivity index (χ2v) is 7.39. The number of rotatable bonds is 8. The van der Waals surface area contributed by atoms with E-state index >= 15 is 0 Å². The highest BCUT2D eigenvalue weighted by Crippen LogP contribution is 2.24. The van der Waals surface area contributed by atoms with E-state index in [-0.39, 0.29) is 22.6 Å². The molecule has 0 atom stereocenters.